The van der Waals surface area contributed by atoms with Crippen LogP contribution in [0.3, 0.4) is 0 Å². The van der Waals surface area contributed by atoms with Gasteiger partial charge in [-0.15, -0.1) is 0 Å². The quantitative estimate of drug-likeness (QED) is 0.290. The lowest BCUT2D eigenvalue weighted by Crippen LogP contribution is -2.63. The number of carbonyl (C=O) groups is 3. The first-order valence-corrected chi connectivity index (χ1v) is 15.8. The van der Waals surface area contributed by atoms with Crippen LogP contribution in [-0.4, -0.2) is 100 Å². The van der Waals surface area contributed by atoms with Gasteiger partial charge in [-0.1, -0.05) is 0 Å². The van der Waals surface area contributed by atoms with E-state index in [-0.39, 0.29) is 29.3 Å². The fourth-order valence-corrected chi connectivity index (χ4v) is 8.60. The molecule has 0 bridgehead atoms. The van der Waals surface area contributed by atoms with E-state index in [0.717, 1.165) is 37.3 Å². The van der Waals surface area contributed by atoms with Crippen molar-refractivity contribution in [3.63, 3.8) is 0 Å². The number of primary amides is 1. The summed E-state index contributed by atoms with van der Waals surface area (Å²) in [6.45, 7) is 2.87. The van der Waals surface area contributed by atoms with Crippen LogP contribution in [0.15, 0.2) is 28.7 Å². The second-order valence-electron chi connectivity index (χ2n) is 14.2. The highest BCUT2D eigenvalue weighted by Crippen LogP contribution is 2.55. The summed E-state index contributed by atoms with van der Waals surface area (Å²) < 4.78 is 0. The minimum absolute atomic E-state index is 0.0768. The van der Waals surface area contributed by atoms with Crippen LogP contribution in [0, 0.1) is 23.7 Å². The van der Waals surface area contributed by atoms with Gasteiger partial charge >= 0.3 is 0 Å². The zero-order valence-electron chi connectivity index (χ0n) is 25.5. The number of aliphatic hydroxyl groups is 3. The molecule has 6 N–H and O–H groups in total. The number of ketones is 2. The number of hydrogen-bond acceptors (Lipinski definition) is 10. The van der Waals surface area contributed by atoms with E-state index in [1.807, 2.05) is 7.05 Å². The Kier molecular flexibility index (Phi) is 6.69. The summed E-state index contributed by atoms with van der Waals surface area (Å²) in [6, 6.07) is 0.819. The number of aliphatic hydroxyl groups excluding tert-OH is 2. The predicted octanol–water partition coefficient (Wildman–Crippen LogP) is 2.12. The van der Waals surface area contributed by atoms with Gasteiger partial charge in [-0.2, -0.15) is 0 Å². The second-order valence-corrected chi connectivity index (χ2v) is 14.2. The first-order valence-electron chi connectivity index (χ1n) is 15.8. The van der Waals surface area contributed by atoms with Crippen molar-refractivity contribution < 1.29 is 34.8 Å². The summed E-state index contributed by atoms with van der Waals surface area (Å²) in [4.78, 5) is 46.3. The number of rotatable bonds is 7. The van der Waals surface area contributed by atoms with Gasteiger partial charge in [0.15, 0.2) is 11.4 Å². The van der Waals surface area contributed by atoms with Gasteiger partial charge in [-0.3, -0.25) is 24.2 Å². The number of benzene rings is 1. The predicted molar refractivity (Wildman–Crippen MR) is 161 cm³/mol. The molecule has 11 heteroatoms. The van der Waals surface area contributed by atoms with E-state index in [4.69, 9.17) is 5.73 Å². The summed E-state index contributed by atoms with van der Waals surface area (Å²) in [5.41, 5.74) is 4.61. The van der Waals surface area contributed by atoms with Crippen molar-refractivity contribution in [2.24, 2.45) is 29.4 Å². The number of nitrogens with zero attached hydrogens (tertiary/aromatic N) is 3. The van der Waals surface area contributed by atoms with Crippen molar-refractivity contribution in [3.05, 3.63) is 45.4 Å². The van der Waals surface area contributed by atoms with Gasteiger partial charge in [0.25, 0.3) is 5.91 Å². The van der Waals surface area contributed by atoms with Crippen LogP contribution in [0.2, 0.25) is 0 Å². The third-order valence-corrected chi connectivity index (χ3v) is 11.0. The number of phenols is 1. The molecule has 0 spiro atoms. The number of likely N-dealkylation sites (N-methyl/N-ethyl adjacent to an activating group) is 1. The lowest BCUT2D eigenvalue weighted by molar-refractivity contribution is -0.148. The molecule has 2 saturated carbocycles. The van der Waals surface area contributed by atoms with Gasteiger partial charge in [0, 0.05) is 49.9 Å². The van der Waals surface area contributed by atoms with Crippen molar-refractivity contribution in [2.45, 2.75) is 62.6 Å². The third kappa shape index (κ3) is 4.23. The van der Waals surface area contributed by atoms with Crippen LogP contribution >= 0.6 is 0 Å². The average molecular weight is 607 g/mol. The summed E-state index contributed by atoms with van der Waals surface area (Å²) in [7, 11) is 5.26. The van der Waals surface area contributed by atoms with Crippen molar-refractivity contribution in [2.75, 3.05) is 45.7 Å². The minimum atomic E-state index is -2.64. The molecule has 1 amide bonds. The molecule has 5 aliphatic carbocycles. The van der Waals surface area contributed by atoms with E-state index in [1.54, 1.807) is 25.1 Å². The molecule has 1 unspecified atom stereocenters. The molecule has 0 aromatic heterocycles. The van der Waals surface area contributed by atoms with Gasteiger partial charge in [0.2, 0.25) is 5.78 Å². The number of Topliss-reactive ketones (excluding diaryl/α,β-unsaturated/α-hetero) is 2. The van der Waals surface area contributed by atoms with E-state index in [1.165, 1.54) is 25.7 Å². The first kappa shape index (κ1) is 29.3. The van der Waals surface area contributed by atoms with Gasteiger partial charge in [0.05, 0.1) is 11.6 Å². The van der Waals surface area contributed by atoms with Crippen LogP contribution in [0.1, 0.15) is 66.1 Å². The molecule has 2 fully saturated rings. The Balaban J connectivity index is 1.35. The zero-order valence-corrected chi connectivity index (χ0v) is 25.5. The maximum absolute atomic E-state index is 14.2. The number of amides is 1. The van der Waals surface area contributed by atoms with Gasteiger partial charge in [-0.05, 0) is 94.0 Å². The number of allylic oxidation sites excluding steroid dienone is 1. The number of fused-ring (bicyclic) bond motifs is 5. The Morgan fingerprint density at radius 3 is 2.27 bits per heavy atom. The molecule has 0 saturated heterocycles. The van der Waals surface area contributed by atoms with E-state index in [9.17, 15) is 34.8 Å². The monoisotopic (exact) mass is 606 g/mol. The molecule has 236 valence electrons. The van der Waals surface area contributed by atoms with Crippen LogP contribution in [0.5, 0.6) is 5.75 Å². The van der Waals surface area contributed by atoms with E-state index in [2.05, 4.69) is 9.80 Å². The van der Waals surface area contributed by atoms with E-state index >= 15 is 0 Å². The number of nitrogens with two attached hydrogens (primary N) is 1. The maximum atomic E-state index is 14.2. The molecule has 44 heavy (non-hydrogen) atoms. The normalized spacial score (nSPS) is 31.7. The molecule has 1 aromatic carbocycles. The molecule has 11 nitrogen and oxygen atoms in total. The maximum Gasteiger partial charge on any atom is 0.255 e. The Bertz CT molecular complexity index is 1530. The number of carbonyl (C=O) groups excluding carboxylic acids is 3. The molecule has 6 aliphatic rings. The smallest absolute Gasteiger partial charge is 0.255 e. The highest BCUT2D eigenvalue weighted by atomic mass is 16.3. The number of anilines is 1. The van der Waals surface area contributed by atoms with Crippen LogP contribution in [0.4, 0.5) is 5.69 Å². The van der Waals surface area contributed by atoms with Gasteiger partial charge in [-0.25, -0.2) is 0 Å². The summed E-state index contributed by atoms with van der Waals surface area (Å²) >= 11 is 0. The molecule has 5 atom stereocenters. The highest BCUT2D eigenvalue weighted by molar-refractivity contribution is 6.25. The molecular weight excluding hydrogens is 564 g/mol. The Morgan fingerprint density at radius 2 is 1.70 bits per heavy atom. The van der Waals surface area contributed by atoms with Crippen molar-refractivity contribution in [1.82, 2.24) is 9.80 Å². The fourth-order valence-electron chi connectivity index (χ4n) is 8.60. The highest BCUT2D eigenvalue weighted by Gasteiger charge is 2.63. The van der Waals surface area contributed by atoms with Crippen LogP contribution in [0.25, 0.3) is 0 Å². The standard InChI is InChI=1S/C33H42N4O7/c1-35(2)27-20-11-17-10-19-24(28(39)23(17)30(41)33(20,44)31(42)25(29(27)40)32(34)43)22(38)12-18-21(8-9-36(3)26(18)19)37(13-15-4-5-15)14-16-6-7-16/h12,15-17,20-21,27,38,40-41,44H,4-11,13-14H2,1-3H3,(H2,34,43)/t17-,20-,21?,27-,33+/m1/s1. The third-order valence-electron chi connectivity index (χ3n) is 11.0. The number of aromatic hydroxyl groups is 1. The van der Waals surface area contributed by atoms with Gasteiger partial charge in [0.1, 0.15) is 22.8 Å². The zero-order chi connectivity index (χ0) is 31.4. The molecule has 1 aliphatic heterocycles. The van der Waals surface area contributed by atoms with Crippen molar-refractivity contribution >= 4 is 23.2 Å². The van der Waals surface area contributed by atoms with E-state index < -0.39 is 58.0 Å². The van der Waals surface area contributed by atoms with Crippen molar-refractivity contribution in [3.8, 4) is 5.75 Å². The largest absolute Gasteiger partial charge is 0.510 e. The molecular formula is C33H42N4O7. The minimum Gasteiger partial charge on any atom is -0.510 e. The van der Waals surface area contributed by atoms with Crippen LogP contribution < -0.4 is 10.6 Å². The summed E-state index contributed by atoms with van der Waals surface area (Å²) in [6.07, 6.45) is 6.30. The molecule has 1 aromatic rings. The molecule has 7 rings (SSSR count). The first-order chi connectivity index (χ1) is 20.8. The van der Waals surface area contributed by atoms with E-state index in [0.29, 0.717) is 23.8 Å². The number of phenolic OH excluding ortho intramolecular Hbond substituents is 1. The second kappa shape index (κ2) is 10.1. The fraction of sp³-hybridized carbons (Fsp3) is 0.606. The summed E-state index contributed by atoms with van der Waals surface area (Å²) in [5, 5.41) is 45.9. The lowest BCUT2D eigenvalue weighted by Gasteiger charge is -2.50. The molecule has 1 heterocycles. The Hall–Kier alpha value is -3.41. The SMILES string of the molecule is CN1CCC(N(CC2CC2)CC2CC2)c2cc(O)c3c(c21)C[C@@H]1C[C@@H]2[C@@H](N(C)C)C(O)=C(C(N)=O)C(=O)[C@@]2(O)C(O)=C1C3=O. The summed E-state index contributed by atoms with van der Waals surface area (Å²) in [5.74, 6) is -4.87. The number of hydrogen-bond donors (Lipinski definition) is 5. The lowest BCUT2D eigenvalue weighted by atomic mass is 9.58. The van der Waals surface area contributed by atoms with Crippen LogP contribution in [-0.2, 0) is 16.0 Å². The molecule has 0 radical (unpaired) electrons. The van der Waals surface area contributed by atoms with Gasteiger partial charge < -0.3 is 31.1 Å². The Labute approximate surface area is 256 Å². The van der Waals surface area contributed by atoms with Crippen molar-refractivity contribution in [1.29, 1.82) is 0 Å². The average Bonchev–Trinajstić information content (AvgIpc) is 3.87. The Morgan fingerprint density at radius 1 is 1.07 bits per heavy atom. The topological polar surface area (TPSA) is 168 Å².